The third-order valence-corrected chi connectivity index (χ3v) is 6.87. The summed E-state index contributed by atoms with van der Waals surface area (Å²) < 4.78 is 1.84. The number of hydrogen-bond acceptors (Lipinski definition) is 3. The number of likely N-dealkylation sites (tertiary alicyclic amines) is 1. The summed E-state index contributed by atoms with van der Waals surface area (Å²) in [4.78, 5) is 40.2. The first-order valence-corrected chi connectivity index (χ1v) is 11.5. The van der Waals surface area contributed by atoms with Gasteiger partial charge in [0, 0.05) is 48.0 Å². The maximum atomic E-state index is 13.2. The van der Waals surface area contributed by atoms with Crippen LogP contribution in [0.2, 0.25) is 5.02 Å². The lowest BCUT2D eigenvalue weighted by atomic mass is 9.83. The largest absolute Gasteiger partial charge is 0.326 e. The predicted octanol–water partition coefficient (Wildman–Crippen LogP) is 3.68. The molecule has 32 heavy (non-hydrogen) atoms. The molecule has 2 aliphatic rings. The van der Waals surface area contributed by atoms with Crippen molar-refractivity contribution in [3.63, 3.8) is 0 Å². The molecular formula is C24H29ClN4O3. The lowest BCUT2D eigenvalue weighted by Crippen LogP contribution is -2.56. The van der Waals surface area contributed by atoms with Gasteiger partial charge in [0.05, 0.1) is 0 Å². The van der Waals surface area contributed by atoms with Gasteiger partial charge in [-0.25, -0.2) is 4.79 Å². The number of anilines is 1. The van der Waals surface area contributed by atoms with Crippen LogP contribution in [0.25, 0.3) is 0 Å². The van der Waals surface area contributed by atoms with E-state index in [1.54, 1.807) is 41.3 Å². The van der Waals surface area contributed by atoms with Crippen molar-refractivity contribution in [3.05, 3.63) is 63.5 Å². The fourth-order valence-electron chi connectivity index (χ4n) is 4.77. The van der Waals surface area contributed by atoms with Gasteiger partial charge in [-0.15, -0.1) is 0 Å². The third kappa shape index (κ3) is 4.67. The fraction of sp³-hybridized carbons (Fsp3) is 0.458. The monoisotopic (exact) mass is 456 g/mol. The summed E-state index contributed by atoms with van der Waals surface area (Å²) in [5.74, 6) is 0.0599. The van der Waals surface area contributed by atoms with Crippen LogP contribution >= 0.6 is 11.6 Å². The highest BCUT2D eigenvalue weighted by Crippen LogP contribution is 2.35. The Morgan fingerprint density at radius 1 is 1.16 bits per heavy atom. The number of amides is 3. The number of carbonyl (C=O) groups is 2. The molecule has 0 saturated carbocycles. The SMILES string of the molecule is CC[C@@H](C)[C@H](NC(=O)N1C[C@H]2C[C@@H](C1)c1cccc(=O)n1C2)C(=O)Nc1cccc(Cl)c1. The van der Waals surface area contributed by atoms with Gasteiger partial charge in [-0.2, -0.15) is 0 Å². The molecular weight excluding hydrogens is 428 g/mol. The molecule has 1 aromatic carbocycles. The summed E-state index contributed by atoms with van der Waals surface area (Å²) in [6, 6.07) is 11.4. The first kappa shape index (κ1) is 22.4. The Bertz CT molecular complexity index is 1070. The molecule has 1 aromatic heterocycles. The summed E-state index contributed by atoms with van der Waals surface area (Å²) >= 11 is 6.03. The Morgan fingerprint density at radius 2 is 1.94 bits per heavy atom. The highest BCUT2D eigenvalue weighted by molar-refractivity contribution is 6.30. The van der Waals surface area contributed by atoms with Gasteiger partial charge < -0.3 is 20.1 Å². The molecule has 2 aromatic rings. The summed E-state index contributed by atoms with van der Waals surface area (Å²) in [7, 11) is 0. The minimum absolute atomic E-state index is 0.0182. The van der Waals surface area contributed by atoms with Crippen molar-refractivity contribution in [3.8, 4) is 0 Å². The van der Waals surface area contributed by atoms with E-state index in [0.29, 0.717) is 30.3 Å². The zero-order valence-electron chi connectivity index (χ0n) is 18.4. The minimum Gasteiger partial charge on any atom is -0.326 e. The van der Waals surface area contributed by atoms with Gasteiger partial charge >= 0.3 is 6.03 Å². The number of carbonyl (C=O) groups excluding carboxylic acids is 2. The number of fused-ring (bicyclic) bond motifs is 4. The lowest BCUT2D eigenvalue weighted by molar-refractivity contribution is -0.119. The van der Waals surface area contributed by atoms with Crippen molar-refractivity contribution in [2.45, 2.75) is 45.2 Å². The summed E-state index contributed by atoms with van der Waals surface area (Å²) in [6.45, 7) is 5.69. The number of urea groups is 1. The van der Waals surface area contributed by atoms with Crippen molar-refractivity contribution < 1.29 is 9.59 Å². The highest BCUT2D eigenvalue weighted by atomic mass is 35.5. The number of hydrogen-bond donors (Lipinski definition) is 2. The van der Waals surface area contributed by atoms with E-state index in [9.17, 15) is 14.4 Å². The molecule has 3 amide bonds. The Balaban J connectivity index is 1.47. The number of nitrogens with zero attached hydrogens (tertiary/aromatic N) is 2. The van der Waals surface area contributed by atoms with Crippen LogP contribution in [0.5, 0.6) is 0 Å². The molecule has 0 unspecified atom stereocenters. The molecule has 0 spiro atoms. The molecule has 3 heterocycles. The zero-order chi connectivity index (χ0) is 22.8. The van der Waals surface area contributed by atoms with Crippen molar-refractivity contribution in [1.29, 1.82) is 0 Å². The van der Waals surface area contributed by atoms with E-state index in [2.05, 4.69) is 10.6 Å². The third-order valence-electron chi connectivity index (χ3n) is 6.63. The average molecular weight is 457 g/mol. The molecule has 1 fully saturated rings. The first-order valence-electron chi connectivity index (χ1n) is 11.2. The van der Waals surface area contributed by atoms with Crippen molar-refractivity contribution in [1.82, 2.24) is 14.8 Å². The maximum absolute atomic E-state index is 13.2. The maximum Gasteiger partial charge on any atom is 0.318 e. The zero-order valence-corrected chi connectivity index (χ0v) is 19.1. The van der Waals surface area contributed by atoms with Gasteiger partial charge in [0.15, 0.2) is 0 Å². The van der Waals surface area contributed by atoms with Crippen LogP contribution in [0.3, 0.4) is 0 Å². The van der Waals surface area contributed by atoms with Crippen LogP contribution in [-0.4, -0.2) is 40.5 Å². The van der Waals surface area contributed by atoms with Crippen molar-refractivity contribution in [2.75, 3.05) is 18.4 Å². The molecule has 4 rings (SSSR count). The minimum atomic E-state index is -0.664. The molecule has 1 saturated heterocycles. The standard InChI is InChI=1S/C24H29ClN4O3/c1-3-15(2)22(23(31)26-19-7-4-6-18(25)11-19)27-24(32)28-12-16-10-17(14-28)20-8-5-9-21(30)29(20)13-16/h4-9,11,15-17,22H,3,10,12-14H2,1-2H3,(H,26,31)(H,27,32)/t15-,16-,17+,22+/m1/s1. The van der Waals surface area contributed by atoms with E-state index in [1.807, 2.05) is 24.5 Å². The number of piperidine rings is 1. The lowest BCUT2D eigenvalue weighted by Gasteiger charge is -2.43. The quantitative estimate of drug-likeness (QED) is 0.719. The normalized spacial score (nSPS) is 21.3. The molecule has 8 heteroatoms. The molecule has 2 N–H and O–H groups in total. The van der Waals surface area contributed by atoms with E-state index >= 15 is 0 Å². The second kappa shape index (κ2) is 9.36. The Kier molecular flexibility index (Phi) is 6.55. The number of halogens is 1. The van der Waals surface area contributed by atoms with Gasteiger partial charge in [-0.05, 0) is 42.5 Å². The Labute approximate surface area is 192 Å². The molecule has 7 nitrogen and oxygen atoms in total. The van der Waals surface area contributed by atoms with Gasteiger partial charge in [-0.3, -0.25) is 9.59 Å². The second-order valence-corrected chi connectivity index (χ2v) is 9.35. The first-order chi connectivity index (χ1) is 15.4. The average Bonchev–Trinajstić information content (AvgIpc) is 2.77. The Morgan fingerprint density at radius 3 is 2.69 bits per heavy atom. The molecule has 2 aliphatic heterocycles. The topological polar surface area (TPSA) is 83.4 Å². The van der Waals surface area contributed by atoms with Crippen molar-refractivity contribution >= 4 is 29.2 Å². The van der Waals surface area contributed by atoms with E-state index < -0.39 is 6.04 Å². The molecule has 2 bridgehead atoms. The summed E-state index contributed by atoms with van der Waals surface area (Å²) in [6.07, 6.45) is 1.72. The fourth-order valence-corrected chi connectivity index (χ4v) is 4.97. The van der Waals surface area contributed by atoms with Crippen molar-refractivity contribution in [2.24, 2.45) is 11.8 Å². The van der Waals surface area contributed by atoms with Crippen LogP contribution < -0.4 is 16.2 Å². The molecule has 0 radical (unpaired) electrons. The van der Waals surface area contributed by atoms with Gasteiger partial charge in [-0.1, -0.05) is 44.0 Å². The van der Waals surface area contributed by atoms with Crippen LogP contribution in [0, 0.1) is 11.8 Å². The predicted molar refractivity (Wildman–Crippen MR) is 125 cm³/mol. The summed E-state index contributed by atoms with van der Waals surface area (Å²) in [5, 5.41) is 6.37. The number of aromatic nitrogens is 1. The van der Waals surface area contributed by atoms with Crippen LogP contribution in [0.1, 0.15) is 38.3 Å². The number of nitrogens with one attached hydrogen (secondary N) is 2. The van der Waals surface area contributed by atoms with Crippen LogP contribution in [0.4, 0.5) is 10.5 Å². The second-order valence-electron chi connectivity index (χ2n) is 8.92. The number of benzene rings is 1. The molecule has 0 aliphatic carbocycles. The molecule has 170 valence electrons. The van der Waals surface area contributed by atoms with E-state index in [0.717, 1.165) is 18.5 Å². The highest BCUT2D eigenvalue weighted by Gasteiger charge is 2.37. The molecule has 4 atom stereocenters. The smallest absolute Gasteiger partial charge is 0.318 e. The Hall–Kier alpha value is -2.80. The summed E-state index contributed by atoms with van der Waals surface area (Å²) in [5.41, 5.74) is 1.60. The number of rotatable bonds is 5. The van der Waals surface area contributed by atoms with E-state index in [1.165, 1.54) is 0 Å². The van der Waals surface area contributed by atoms with E-state index in [4.69, 9.17) is 11.6 Å². The van der Waals surface area contributed by atoms with E-state index in [-0.39, 0.29) is 35.3 Å². The van der Waals surface area contributed by atoms with Gasteiger partial charge in [0.25, 0.3) is 5.56 Å². The van der Waals surface area contributed by atoms with Crippen LogP contribution in [0.15, 0.2) is 47.3 Å². The van der Waals surface area contributed by atoms with Gasteiger partial charge in [0.1, 0.15) is 6.04 Å². The van der Waals surface area contributed by atoms with Crippen LogP contribution in [-0.2, 0) is 11.3 Å². The van der Waals surface area contributed by atoms with Gasteiger partial charge in [0.2, 0.25) is 5.91 Å². The number of pyridine rings is 1.